The molecule has 1 heterocycles. The summed E-state index contributed by atoms with van der Waals surface area (Å²) in [5, 5.41) is 11.4. The van der Waals surface area contributed by atoms with Crippen molar-refractivity contribution < 1.29 is 24.2 Å². The summed E-state index contributed by atoms with van der Waals surface area (Å²) in [4.78, 5) is 37.2. The fourth-order valence-electron chi connectivity index (χ4n) is 2.05. The lowest BCUT2D eigenvalue weighted by molar-refractivity contribution is -0.137. The van der Waals surface area contributed by atoms with Gasteiger partial charge in [-0.15, -0.1) is 0 Å². The number of carbonyl (C=O) groups is 3. The summed E-state index contributed by atoms with van der Waals surface area (Å²) in [7, 11) is 0. The molecule has 1 atom stereocenters. The first-order chi connectivity index (χ1) is 9.93. The fraction of sp³-hybridized carbons (Fsp3) is 0.769. The van der Waals surface area contributed by atoms with Gasteiger partial charge < -0.3 is 25.0 Å². The van der Waals surface area contributed by atoms with Crippen LogP contribution in [-0.2, 0) is 9.53 Å². The number of rotatable bonds is 5. The predicted octanol–water partition coefficient (Wildman–Crippen LogP) is 0.581. The minimum atomic E-state index is -0.875. The number of hydrogen-bond donors (Lipinski definition) is 2. The SMILES string of the molecule is CCOC(=O)N1CCN(C(=O)NCC(C)CC(=O)O)CC1. The van der Waals surface area contributed by atoms with Crippen molar-refractivity contribution in [1.82, 2.24) is 15.1 Å². The number of piperazine rings is 1. The van der Waals surface area contributed by atoms with Crippen molar-refractivity contribution in [2.24, 2.45) is 5.92 Å². The summed E-state index contributed by atoms with van der Waals surface area (Å²) in [6.45, 7) is 5.95. The molecule has 1 aliphatic rings. The first-order valence-corrected chi connectivity index (χ1v) is 7.10. The highest BCUT2D eigenvalue weighted by molar-refractivity contribution is 5.75. The zero-order valence-corrected chi connectivity index (χ0v) is 12.5. The van der Waals surface area contributed by atoms with Gasteiger partial charge in [-0.3, -0.25) is 4.79 Å². The van der Waals surface area contributed by atoms with Gasteiger partial charge in [0.1, 0.15) is 0 Å². The van der Waals surface area contributed by atoms with E-state index >= 15 is 0 Å². The summed E-state index contributed by atoms with van der Waals surface area (Å²) in [5.41, 5.74) is 0. The molecule has 21 heavy (non-hydrogen) atoms. The number of aliphatic carboxylic acids is 1. The lowest BCUT2D eigenvalue weighted by Crippen LogP contribution is -2.53. The minimum absolute atomic E-state index is 0.0247. The van der Waals surface area contributed by atoms with Gasteiger partial charge in [-0.2, -0.15) is 0 Å². The smallest absolute Gasteiger partial charge is 0.409 e. The van der Waals surface area contributed by atoms with E-state index in [0.29, 0.717) is 39.3 Å². The molecule has 1 aliphatic heterocycles. The average molecular weight is 301 g/mol. The fourth-order valence-corrected chi connectivity index (χ4v) is 2.05. The van der Waals surface area contributed by atoms with Crippen LogP contribution >= 0.6 is 0 Å². The highest BCUT2D eigenvalue weighted by Crippen LogP contribution is 2.05. The van der Waals surface area contributed by atoms with Crippen LogP contribution in [0.1, 0.15) is 20.3 Å². The molecule has 2 N–H and O–H groups in total. The molecule has 0 bridgehead atoms. The normalized spacial score (nSPS) is 16.3. The molecule has 3 amide bonds. The summed E-state index contributed by atoms with van der Waals surface area (Å²) >= 11 is 0. The first kappa shape index (κ1) is 17.1. The number of carbonyl (C=O) groups excluding carboxylic acids is 2. The molecule has 120 valence electrons. The Balaban J connectivity index is 2.28. The number of amides is 3. The highest BCUT2D eigenvalue weighted by atomic mass is 16.6. The van der Waals surface area contributed by atoms with Crippen LogP contribution in [0.2, 0.25) is 0 Å². The maximum atomic E-state index is 11.9. The zero-order valence-electron chi connectivity index (χ0n) is 12.5. The molecule has 1 fully saturated rings. The van der Waals surface area contributed by atoms with Gasteiger partial charge in [0.2, 0.25) is 0 Å². The topological polar surface area (TPSA) is 99.2 Å². The maximum Gasteiger partial charge on any atom is 0.409 e. The summed E-state index contributed by atoms with van der Waals surface area (Å²) in [6, 6.07) is -0.226. The van der Waals surface area contributed by atoms with E-state index in [1.807, 2.05) is 0 Å². The van der Waals surface area contributed by atoms with Gasteiger partial charge in [-0.25, -0.2) is 9.59 Å². The molecule has 0 radical (unpaired) electrons. The van der Waals surface area contributed by atoms with E-state index in [4.69, 9.17) is 9.84 Å². The Labute approximate surface area is 124 Å². The van der Waals surface area contributed by atoms with Crippen LogP contribution in [0.15, 0.2) is 0 Å². The van der Waals surface area contributed by atoms with Crippen LogP contribution in [0.3, 0.4) is 0 Å². The number of ether oxygens (including phenoxy) is 1. The number of carboxylic acids is 1. The number of nitrogens with zero attached hydrogens (tertiary/aromatic N) is 2. The van der Waals surface area contributed by atoms with Gasteiger partial charge in [-0.05, 0) is 12.8 Å². The third-order valence-electron chi connectivity index (χ3n) is 3.22. The Kier molecular flexibility index (Phi) is 6.77. The molecule has 0 aromatic rings. The molecule has 1 unspecified atom stereocenters. The third-order valence-corrected chi connectivity index (χ3v) is 3.22. The molecule has 8 heteroatoms. The zero-order chi connectivity index (χ0) is 15.8. The third kappa shape index (κ3) is 5.88. The van der Waals surface area contributed by atoms with E-state index in [2.05, 4.69) is 5.32 Å². The molecule has 0 aromatic heterocycles. The summed E-state index contributed by atoms with van der Waals surface area (Å²) < 4.78 is 4.91. The molecule has 8 nitrogen and oxygen atoms in total. The number of hydrogen-bond acceptors (Lipinski definition) is 4. The van der Waals surface area contributed by atoms with Gasteiger partial charge in [0.15, 0.2) is 0 Å². The second-order valence-electron chi connectivity index (χ2n) is 5.06. The maximum absolute atomic E-state index is 11.9. The molecule has 1 rings (SSSR count). The van der Waals surface area contributed by atoms with E-state index in [0.717, 1.165) is 0 Å². The predicted molar refractivity (Wildman–Crippen MR) is 75.0 cm³/mol. The Morgan fingerprint density at radius 1 is 1.19 bits per heavy atom. The first-order valence-electron chi connectivity index (χ1n) is 7.10. The highest BCUT2D eigenvalue weighted by Gasteiger charge is 2.24. The van der Waals surface area contributed by atoms with Crippen LogP contribution in [0, 0.1) is 5.92 Å². The average Bonchev–Trinajstić information content (AvgIpc) is 2.44. The summed E-state index contributed by atoms with van der Waals surface area (Å²) in [6.07, 6.45) is -0.329. The van der Waals surface area contributed by atoms with Crippen molar-refractivity contribution in [3.63, 3.8) is 0 Å². The Bertz CT molecular complexity index is 380. The Morgan fingerprint density at radius 2 is 1.76 bits per heavy atom. The molecular formula is C13H23N3O5. The van der Waals surface area contributed by atoms with Crippen molar-refractivity contribution in [3.05, 3.63) is 0 Å². The van der Waals surface area contributed by atoms with E-state index in [1.165, 1.54) is 0 Å². The van der Waals surface area contributed by atoms with Crippen molar-refractivity contribution in [2.75, 3.05) is 39.3 Å². The molecule has 0 saturated carbocycles. The Morgan fingerprint density at radius 3 is 2.29 bits per heavy atom. The lowest BCUT2D eigenvalue weighted by atomic mass is 10.1. The van der Waals surface area contributed by atoms with E-state index in [-0.39, 0.29) is 24.5 Å². The van der Waals surface area contributed by atoms with Crippen molar-refractivity contribution in [2.45, 2.75) is 20.3 Å². The van der Waals surface area contributed by atoms with Gasteiger partial charge in [0.25, 0.3) is 0 Å². The van der Waals surface area contributed by atoms with Crippen LogP contribution in [-0.4, -0.2) is 72.3 Å². The van der Waals surface area contributed by atoms with Crippen LogP contribution in [0.25, 0.3) is 0 Å². The second kappa shape index (κ2) is 8.33. The molecular weight excluding hydrogens is 278 g/mol. The van der Waals surface area contributed by atoms with Gasteiger partial charge >= 0.3 is 18.1 Å². The van der Waals surface area contributed by atoms with E-state index in [1.54, 1.807) is 23.6 Å². The number of carboxylic acid groups (broad SMARTS) is 1. The molecule has 0 spiro atoms. The number of urea groups is 1. The van der Waals surface area contributed by atoms with Gasteiger partial charge in [-0.1, -0.05) is 6.92 Å². The quantitative estimate of drug-likeness (QED) is 0.774. The minimum Gasteiger partial charge on any atom is -0.481 e. The Hall–Kier alpha value is -1.99. The van der Waals surface area contributed by atoms with Crippen molar-refractivity contribution in [1.29, 1.82) is 0 Å². The van der Waals surface area contributed by atoms with Crippen molar-refractivity contribution in [3.8, 4) is 0 Å². The largest absolute Gasteiger partial charge is 0.481 e. The molecule has 0 aromatic carbocycles. The monoisotopic (exact) mass is 301 g/mol. The summed E-state index contributed by atoms with van der Waals surface area (Å²) in [5.74, 6) is -0.993. The van der Waals surface area contributed by atoms with Crippen LogP contribution < -0.4 is 5.32 Å². The van der Waals surface area contributed by atoms with Crippen molar-refractivity contribution >= 4 is 18.1 Å². The molecule has 0 aliphatic carbocycles. The van der Waals surface area contributed by atoms with Gasteiger partial charge in [0, 0.05) is 39.1 Å². The molecule has 1 saturated heterocycles. The lowest BCUT2D eigenvalue weighted by Gasteiger charge is -2.34. The second-order valence-corrected chi connectivity index (χ2v) is 5.06. The van der Waals surface area contributed by atoms with Gasteiger partial charge in [0.05, 0.1) is 6.61 Å². The standard InChI is InChI=1S/C13H23N3O5/c1-3-21-13(20)16-6-4-15(5-7-16)12(19)14-9-10(2)8-11(17)18/h10H,3-9H2,1-2H3,(H,14,19)(H,17,18). The van der Waals surface area contributed by atoms with Crippen LogP contribution in [0.4, 0.5) is 9.59 Å². The van der Waals surface area contributed by atoms with E-state index in [9.17, 15) is 14.4 Å². The number of nitrogens with one attached hydrogen (secondary N) is 1. The van der Waals surface area contributed by atoms with Crippen LogP contribution in [0.5, 0.6) is 0 Å². The van der Waals surface area contributed by atoms with E-state index < -0.39 is 5.97 Å².